The molecule has 3 N–H and O–H groups in total. The third-order valence-corrected chi connectivity index (χ3v) is 11.3. The molecule has 4 heteroatoms. The summed E-state index contributed by atoms with van der Waals surface area (Å²) in [7, 11) is 0. The average molecular weight is 439 g/mol. The lowest BCUT2D eigenvalue weighted by Gasteiger charge is -2.65. The predicted octanol–water partition coefficient (Wildman–Crippen LogP) is 5.22. The molecule has 0 saturated heterocycles. The largest absolute Gasteiger partial charge is 0.393 e. The minimum Gasteiger partial charge on any atom is -0.393 e. The molecule has 3 nitrogen and oxygen atoms in total. The van der Waals surface area contributed by atoms with Crippen molar-refractivity contribution in [3.63, 3.8) is 0 Å². The molecule has 4 saturated carbocycles. The molecule has 4 fully saturated rings. The SMILES string of the molecule is CC[C@H]1[C@@H](O)[C@H]2C3CC[C@H]([C@H](C)C[C@@H](C)CF)[C@@]3(C)[C@@H](O)CC2[C@@]2(C)CC[C@@H](O)C[C@@H]12. The number of rotatable bonds is 5. The molecule has 4 aliphatic carbocycles. The number of fused-ring (bicyclic) bond motifs is 5. The van der Waals surface area contributed by atoms with Crippen molar-refractivity contribution in [1.29, 1.82) is 0 Å². The molecule has 0 aromatic rings. The van der Waals surface area contributed by atoms with Crippen LogP contribution in [0.1, 0.15) is 86.0 Å². The Morgan fingerprint density at radius 3 is 2.32 bits per heavy atom. The monoisotopic (exact) mass is 438 g/mol. The topological polar surface area (TPSA) is 60.7 Å². The number of aliphatic hydroxyl groups is 3. The van der Waals surface area contributed by atoms with Crippen LogP contribution in [0.4, 0.5) is 4.39 Å². The Hall–Kier alpha value is -0.190. The first-order valence-corrected chi connectivity index (χ1v) is 13.2. The van der Waals surface area contributed by atoms with Crippen molar-refractivity contribution >= 4 is 0 Å². The van der Waals surface area contributed by atoms with Crippen LogP contribution in [0.25, 0.3) is 0 Å². The molecule has 0 bridgehead atoms. The molecular weight excluding hydrogens is 391 g/mol. The van der Waals surface area contributed by atoms with E-state index < -0.39 is 0 Å². The van der Waals surface area contributed by atoms with Gasteiger partial charge in [0.15, 0.2) is 0 Å². The molecule has 180 valence electrons. The first-order chi connectivity index (χ1) is 14.6. The summed E-state index contributed by atoms with van der Waals surface area (Å²) in [5, 5.41) is 33.8. The minimum absolute atomic E-state index is 0.0733. The lowest BCUT2D eigenvalue weighted by Crippen LogP contribution is -2.65. The lowest BCUT2D eigenvalue weighted by molar-refractivity contribution is -0.228. The van der Waals surface area contributed by atoms with Gasteiger partial charge in [0, 0.05) is 0 Å². The zero-order valence-electron chi connectivity index (χ0n) is 20.4. The standard InChI is InChI=1S/C27H47FO3/c1-6-18-21-12-17(29)9-10-26(21,4)22-13-23(30)27(5)19(16(3)11-15(2)14-28)7-8-20(27)24(22)25(18)31/h15-25,29-31H,6-14H2,1-5H3/t15-,16-,17-,18-,19-,20?,21+,22?,23+,24+,25-,26+,27-/m1/s1. The van der Waals surface area contributed by atoms with E-state index in [4.69, 9.17) is 0 Å². The summed E-state index contributed by atoms with van der Waals surface area (Å²) in [5.74, 6) is 2.35. The van der Waals surface area contributed by atoms with E-state index in [1.165, 1.54) is 0 Å². The molecule has 0 radical (unpaired) electrons. The van der Waals surface area contributed by atoms with Crippen LogP contribution < -0.4 is 0 Å². The van der Waals surface area contributed by atoms with Gasteiger partial charge in [0.05, 0.1) is 25.0 Å². The molecule has 2 unspecified atom stereocenters. The highest BCUT2D eigenvalue weighted by molar-refractivity contribution is 5.15. The van der Waals surface area contributed by atoms with Gasteiger partial charge >= 0.3 is 0 Å². The van der Waals surface area contributed by atoms with E-state index in [1.54, 1.807) is 0 Å². The first kappa shape index (κ1) is 24.0. The number of aliphatic hydroxyl groups excluding tert-OH is 3. The Morgan fingerprint density at radius 2 is 1.68 bits per heavy atom. The number of alkyl halides is 1. The Labute approximate surface area is 189 Å². The van der Waals surface area contributed by atoms with Crippen LogP contribution in [-0.2, 0) is 0 Å². The smallest absolute Gasteiger partial charge is 0.0920 e. The summed E-state index contributed by atoms with van der Waals surface area (Å²) in [6, 6.07) is 0. The van der Waals surface area contributed by atoms with Gasteiger partial charge in [0.2, 0.25) is 0 Å². The second kappa shape index (κ2) is 8.55. The van der Waals surface area contributed by atoms with E-state index in [9.17, 15) is 19.7 Å². The molecule has 0 heterocycles. The minimum atomic E-state index is -0.357. The highest BCUT2D eigenvalue weighted by Crippen LogP contribution is 2.69. The van der Waals surface area contributed by atoms with Crippen LogP contribution in [0.3, 0.4) is 0 Å². The van der Waals surface area contributed by atoms with Crippen LogP contribution in [0.2, 0.25) is 0 Å². The predicted molar refractivity (Wildman–Crippen MR) is 122 cm³/mol. The van der Waals surface area contributed by atoms with E-state index in [-0.39, 0.29) is 53.6 Å². The maximum absolute atomic E-state index is 13.2. The van der Waals surface area contributed by atoms with E-state index in [1.807, 2.05) is 6.92 Å². The third-order valence-electron chi connectivity index (χ3n) is 11.3. The first-order valence-electron chi connectivity index (χ1n) is 13.2. The molecule has 0 aromatic heterocycles. The van der Waals surface area contributed by atoms with E-state index in [2.05, 4.69) is 27.7 Å². The van der Waals surface area contributed by atoms with E-state index >= 15 is 0 Å². The van der Waals surface area contributed by atoms with Gasteiger partial charge in [0.25, 0.3) is 0 Å². The van der Waals surface area contributed by atoms with Gasteiger partial charge in [-0.05, 0) is 103 Å². The fourth-order valence-corrected chi connectivity index (χ4v) is 9.75. The molecule has 0 spiro atoms. The Balaban J connectivity index is 1.67. The van der Waals surface area contributed by atoms with Crippen LogP contribution in [-0.4, -0.2) is 40.3 Å². The van der Waals surface area contributed by atoms with Gasteiger partial charge in [-0.15, -0.1) is 0 Å². The van der Waals surface area contributed by atoms with Gasteiger partial charge in [-0.3, -0.25) is 4.39 Å². The normalized spacial score (nSPS) is 53.9. The molecular formula is C27H47FO3. The zero-order chi connectivity index (χ0) is 22.7. The van der Waals surface area contributed by atoms with Crippen molar-refractivity contribution < 1.29 is 19.7 Å². The van der Waals surface area contributed by atoms with Crippen molar-refractivity contribution in [1.82, 2.24) is 0 Å². The summed E-state index contributed by atoms with van der Waals surface area (Å²) >= 11 is 0. The van der Waals surface area contributed by atoms with E-state index in [0.29, 0.717) is 29.6 Å². The molecule has 4 rings (SSSR count). The van der Waals surface area contributed by atoms with Gasteiger partial charge in [-0.1, -0.05) is 41.0 Å². The average Bonchev–Trinajstić information content (AvgIpc) is 3.09. The second-order valence-corrected chi connectivity index (χ2v) is 12.7. The second-order valence-electron chi connectivity index (χ2n) is 12.7. The van der Waals surface area contributed by atoms with Crippen LogP contribution in [0.15, 0.2) is 0 Å². The van der Waals surface area contributed by atoms with Crippen molar-refractivity contribution in [2.45, 2.75) is 104 Å². The Bertz CT molecular complexity index is 642. The maximum Gasteiger partial charge on any atom is 0.0920 e. The fraction of sp³-hybridized carbons (Fsp3) is 1.00. The Morgan fingerprint density at radius 1 is 0.968 bits per heavy atom. The zero-order valence-corrected chi connectivity index (χ0v) is 20.4. The highest BCUT2D eigenvalue weighted by atomic mass is 19.1. The van der Waals surface area contributed by atoms with Gasteiger partial charge in [0.1, 0.15) is 0 Å². The van der Waals surface area contributed by atoms with Crippen LogP contribution in [0, 0.1) is 58.2 Å². The summed E-state index contributed by atoms with van der Waals surface area (Å²) in [4.78, 5) is 0. The molecule has 13 atom stereocenters. The highest BCUT2D eigenvalue weighted by Gasteiger charge is 2.67. The summed E-state index contributed by atoms with van der Waals surface area (Å²) < 4.78 is 13.2. The molecule has 0 aliphatic heterocycles. The maximum atomic E-state index is 13.2. The molecule has 0 aromatic carbocycles. The summed E-state index contributed by atoms with van der Waals surface area (Å²) in [6.45, 7) is 10.9. The molecule has 4 aliphatic rings. The van der Waals surface area contributed by atoms with Gasteiger partial charge in [-0.2, -0.15) is 0 Å². The van der Waals surface area contributed by atoms with Crippen LogP contribution >= 0.6 is 0 Å². The summed E-state index contributed by atoms with van der Waals surface area (Å²) in [6.07, 6.45) is 6.48. The van der Waals surface area contributed by atoms with Crippen molar-refractivity contribution in [3.8, 4) is 0 Å². The lowest BCUT2D eigenvalue weighted by atomic mass is 9.41. The van der Waals surface area contributed by atoms with E-state index in [0.717, 1.165) is 51.4 Å². The molecule has 0 amide bonds. The molecule has 31 heavy (non-hydrogen) atoms. The Kier molecular flexibility index (Phi) is 6.60. The van der Waals surface area contributed by atoms with Crippen molar-refractivity contribution in [2.24, 2.45) is 58.2 Å². The van der Waals surface area contributed by atoms with Gasteiger partial charge in [-0.25, -0.2) is 0 Å². The summed E-state index contributed by atoms with van der Waals surface area (Å²) in [5.41, 5.74) is -0.0914. The fourth-order valence-electron chi connectivity index (χ4n) is 9.75. The number of hydrogen-bond donors (Lipinski definition) is 3. The van der Waals surface area contributed by atoms with Crippen molar-refractivity contribution in [2.75, 3.05) is 6.67 Å². The van der Waals surface area contributed by atoms with Crippen LogP contribution in [0.5, 0.6) is 0 Å². The number of hydrogen-bond acceptors (Lipinski definition) is 3. The quantitative estimate of drug-likeness (QED) is 0.552. The third kappa shape index (κ3) is 3.53. The number of halogens is 1. The van der Waals surface area contributed by atoms with Gasteiger partial charge < -0.3 is 15.3 Å². The van der Waals surface area contributed by atoms with Crippen molar-refractivity contribution in [3.05, 3.63) is 0 Å².